The van der Waals surface area contributed by atoms with E-state index in [0.29, 0.717) is 22.5 Å². The van der Waals surface area contributed by atoms with E-state index in [4.69, 9.17) is 4.98 Å². The lowest BCUT2D eigenvalue weighted by Crippen LogP contribution is -2.23. The third kappa shape index (κ3) is 3.59. The summed E-state index contributed by atoms with van der Waals surface area (Å²) in [4.78, 5) is 27.0. The second-order valence-corrected chi connectivity index (χ2v) is 8.86. The highest BCUT2D eigenvalue weighted by molar-refractivity contribution is 14.1. The number of nitrogens with zero attached hydrogens (tertiary/aromatic N) is 4. The highest BCUT2D eigenvalue weighted by Crippen LogP contribution is 2.27. The van der Waals surface area contributed by atoms with Crippen LogP contribution in [0.3, 0.4) is 0 Å². The Bertz CT molecular complexity index is 1430. The van der Waals surface area contributed by atoms with Crippen molar-refractivity contribution in [1.29, 1.82) is 0 Å². The third-order valence-corrected chi connectivity index (χ3v) is 6.43. The Morgan fingerprint density at radius 1 is 0.867 bits per heavy atom. The summed E-state index contributed by atoms with van der Waals surface area (Å²) >= 11 is 3.78. The molecule has 5 nitrogen and oxygen atoms in total. The smallest absolute Gasteiger partial charge is 0.266 e. The first-order valence-electron chi connectivity index (χ1n) is 9.30. The van der Waals surface area contributed by atoms with Gasteiger partial charge in [0.1, 0.15) is 17.2 Å². The maximum atomic E-state index is 13.4. The predicted molar refractivity (Wildman–Crippen MR) is 129 cm³/mol. The van der Waals surface area contributed by atoms with Crippen molar-refractivity contribution >= 4 is 56.2 Å². The molecule has 0 saturated carbocycles. The Kier molecular flexibility index (Phi) is 5.22. The van der Waals surface area contributed by atoms with Crippen LogP contribution in [0.25, 0.3) is 27.5 Å². The molecule has 0 aliphatic heterocycles. The number of hydrogen-bond donors (Lipinski definition) is 0. The topological polar surface area (TPSA) is 60.7 Å². The normalized spacial score (nSPS) is 11.2. The monoisotopic (exact) mass is 522 g/mol. The summed E-state index contributed by atoms with van der Waals surface area (Å²) in [6.45, 7) is 0. The molecule has 3 aromatic carbocycles. The van der Waals surface area contributed by atoms with E-state index in [0.717, 1.165) is 25.2 Å². The van der Waals surface area contributed by atoms with Crippen molar-refractivity contribution in [3.8, 4) is 5.69 Å². The summed E-state index contributed by atoms with van der Waals surface area (Å²) < 4.78 is 2.71. The van der Waals surface area contributed by atoms with E-state index in [1.165, 1.54) is 0 Å². The highest BCUT2D eigenvalue weighted by Gasteiger charge is 2.14. The third-order valence-electron chi connectivity index (χ3n) is 4.76. The van der Waals surface area contributed by atoms with Crippen LogP contribution >= 0.6 is 34.4 Å². The zero-order valence-corrected chi connectivity index (χ0v) is 18.7. The fourth-order valence-corrected chi connectivity index (χ4v) is 4.77. The van der Waals surface area contributed by atoms with Gasteiger partial charge < -0.3 is 0 Å². The minimum absolute atomic E-state index is 0.0622. The second-order valence-electron chi connectivity index (χ2n) is 6.65. The van der Waals surface area contributed by atoms with E-state index in [9.17, 15) is 4.79 Å². The molecule has 0 radical (unpaired) electrons. The van der Waals surface area contributed by atoms with E-state index in [1.807, 2.05) is 72.8 Å². The van der Waals surface area contributed by atoms with E-state index in [2.05, 4.69) is 32.6 Å². The van der Waals surface area contributed by atoms with Gasteiger partial charge in [0.25, 0.3) is 5.56 Å². The lowest BCUT2D eigenvalue weighted by molar-refractivity contribution is 0.883. The Morgan fingerprint density at radius 2 is 1.67 bits per heavy atom. The van der Waals surface area contributed by atoms with Crippen LogP contribution in [-0.4, -0.2) is 19.5 Å². The molecule has 2 aromatic heterocycles. The molecule has 0 spiro atoms. The average molecular weight is 522 g/mol. The minimum Gasteiger partial charge on any atom is -0.268 e. The number of rotatable bonds is 4. The number of aromatic nitrogens is 4. The second kappa shape index (κ2) is 8.16. The zero-order chi connectivity index (χ0) is 20.5. The minimum atomic E-state index is -0.0622. The number of hydrogen-bond acceptors (Lipinski definition) is 5. The Hall–Kier alpha value is -2.78. The van der Waals surface area contributed by atoms with Crippen molar-refractivity contribution in [2.24, 2.45) is 0 Å². The molecule has 0 aliphatic rings. The van der Waals surface area contributed by atoms with Gasteiger partial charge in [-0.15, -0.1) is 0 Å². The van der Waals surface area contributed by atoms with E-state index in [-0.39, 0.29) is 5.56 Å². The molecule has 146 valence electrons. The summed E-state index contributed by atoms with van der Waals surface area (Å²) in [6, 6.07) is 23.3. The van der Waals surface area contributed by atoms with Crippen molar-refractivity contribution in [2.75, 3.05) is 0 Å². The Balaban J connectivity index is 1.64. The highest BCUT2D eigenvalue weighted by atomic mass is 127. The standard InChI is InChI=1S/C23H15IN4OS/c24-15-10-11-20-18(12-15)23(29)28(16-6-2-1-3-7-16)21(27-20)13-30-22-17-8-4-5-9-19(17)25-14-26-22/h1-12,14H,13H2. The molecule has 30 heavy (non-hydrogen) atoms. The van der Waals surface area contributed by atoms with Crippen molar-refractivity contribution in [2.45, 2.75) is 10.8 Å². The van der Waals surface area contributed by atoms with Crippen LogP contribution in [0.4, 0.5) is 0 Å². The summed E-state index contributed by atoms with van der Waals surface area (Å²) in [7, 11) is 0. The van der Waals surface area contributed by atoms with Crippen molar-refractivity contribution in [3.05, 3.63) is 98.9 Å². The number of halogens is 1. The number of benzene rings is 3. The van der Waals surface area contributed by atoms with Crippen LogP contribution in [0, 0.1) is 3.57 Å². The zero-order valence-electron chi connectivity index (χ0n) is 15.7. The van der Waals surface area contributed by atoms with Crippen LogP contribution in [-0.2, 0) is 5.75 Å². The molecule has 0 N–H and O–H groups in total. The summed E-state index contributed by atoms with van der Waals surface area (Å²) in [5.41, 5.74) is 2.35. The molecule has 2 heterocycles. The van der Waals surface area contributed by atoms with Crippen molar-refractivity contribution < 1.29 is 0 Å². The molecule has 0 aliphatic carbocycles. The molecule has 0 atom stereocenters. The summed E-state index contributed by atoms with van der Waals surface area (Å²) in [5.74, 6) is 1.19. The first kappa shape index (κ1) is 19.2. The first-order chi connectivity index (χ1) is 14.7. The van der Waals surface area contributed by atoms with Gasteiger partial charge in [-0.3, -0.25) is 9.36 Å². The predicted octanol–water partition coefficient (Wildman–Crippen LogP) is 5.23. The lowest BCUT2D eigenvalue weighted by atomic mass is 10.2. The molecule has 0 bridgehead atoms. The van der Waals surface area contributed by atoms with E-state index >= 15 is 0 Å². The first-order valence-corrected chi connectivity index (χ1v) is 11.4. The van der Waals surface area contributed by atoms with Gasteiger partial charge in [-0.1, -0.05) is 48.2 Å². The molecular formula is C23H15IN4OS. The molecular weight excluding hydrogens is 507 g/mol. The van der Waals surface area contributed by atoms with E-state index in [1.54, 1.807) is 22.7 Å². The summed E-state index contributed by atoms with van der Waals surface area (Å²) in [5, 5.41) is 2.48. The van der Waals surface area contributed by atoms with Gasteiger partial charge in [-0.05, 0) is 59.0 Å². The number of fused-ring (bicyclic) bond motifs is 2. The van der Waals surface area contributed by atoms with Gasteiger partial charge in [-0.25, -0.2) is 15.0 Å². The fraction of sp³-hybridized carbons (Fsp3) is 0.0435. The SMILES string of the molecule is O=c1c2cc(I)ccc2nc(CSc2ncnc3ccccc23)n1-c1ccccc1. The van der Waals surface area contributed by atoms with Crippen LogP contribution in [0.15, 0.2) is 88.9 Å². The quantitative estimate of drug-likeness (QED) is 0.184. The molecule has 7 heteroatoms. The lowest BCUT2D eigenvalue weighted by Gasteiger charge is -2.14. The van der Waals surface area contributed by atoms with Crippen molar-refractivity contribution in [1.82, 2.24) is 19.5 Å². The van der Waals surface area contributed by atoms with E-state index < -0.39 is 0 Å². The Labute approximate surface area is 190 Å². The molecule has 0 amide bonds. The summed E-state index contributed by atoms with van der Waals surface area (Å²) in [6.07, 6.45) is 1.57. The number of para-hydroxylation sites is 2. The molecule has 5 rings (SSSR count). The van der Waals surface area contributed by atoms with Gasteiger partial charge in [-0.2, -0.15) is 0 Å². The van der Waals surface area contributed by atoms with Crippen LogP contribution in [0.2, 0.25) is 0 Å². The molecule has 0 unspecified atom stereocenters. The van der Waals surface area contributed by atoms with Gasteiger partial charge in [0.15, 0.2) is 0 Å². The molecule has 5 aromatic rings. The Morgan fingerprint density at radius 3 is 2.53 bits per heavy atom. The van der Waals surface area contributed by atoms with Crippen LogP contribution in [0.5, 0.6) is 0 Å². The van der Waals surface area contributed by atoms with Crippen LogP contribution in [0.1, 0.15) is 5.82 Å². The van der Waals surface area contributed by atoms with Gasteiger partial charge in [0.2, 0.25) is 0 Å². The fourth-order valence-electron chi connectivity index (χ4n) is 3.37. The van der Waals surface area contributed by atoms with Gasteiger partial charge in [0.05, 0.1) is 27.9 Å². The van der Waals surface area contributed by atoms with Crippen LogP contribution < -0.4 is 5.56 Å². The maximum Gasteiger partial charge on any atom is 0.266 e. The molecule has 0 fully saturated rings. The average Bonchev–Trinajstić information content (AvgIpc) is 2.79. The largest absolute Gasteiger partial charge is 0.268 e. The van der Waals surface area contributed by atoms with Gasteiger partial charge >= 0.3 is 0 Å². The van der Waals surface area contributed by atoms with Gasteiger partial charge in [0, 0.05) is 8.96 Å². The maximum absolute atomic E-state index is 13.4. The van der Waals surface area contributed by atoms with Crippen molar-refractivity contribution in [3.63, 3.8) is 0 Å². The molecule has 0 saturated heterocycles. The number of thioether (sulfide) groups is 1.